The Hall–Kier alpha value is -0.830. The van der Waals surface area contributed by atoms with Gasteiger partial charge in [-0.05, 0) is 89.9 Å². The van der Waals surface area contributed by atoms with Crippen molar-refractivity contribution in [3.05, 3.63) is 56.1 Å². The van der Waals surface area contributed by atoms with Gasteiger partial charge in [-0.15, -0.1) is 11.8 Å². The molecule has 0 heterocycles. The van der Waals surface area contributed by atoms with Gasteiger partial charge in [-0.25, -0.2) is 0 Å². The molecule has 0 atom stereocenters. The van der Waals surface area contributed by atoms with E-state index < -0.39 is 0 Å². The van der Waals surface area contributed by atoms with Gasteiger partial charge in [-0.2, -0.15) is 0 Å². The summed E-state index contributed by atoms with van der Waals surface area (Å²) in [4.78, 5) is 13.3. The number of anilines is 1. The molecule has 23 heavy (non-hydrogen) atoms. The van der Waals surface area contributed by atoms with Crippen LogP contribution in [0.5, 0.6) is 0 Å². The summed E-state index contributed by atoms with van der Waals surface area (Å²) >= 11 is 15.1. The average molecular weight is 477 g/mol. The maximum absolute atomic E-state index is 12.3. The van der Waals surface area contributed by atoms with Crippen molar-refractivity contribution in [3.8, 4) is 0 Å². The molecule has 0 aliphatic heterocycles. The quantitative estimate of drug-likeness (QED) is 0.367. The van der Waals surface area contributed by atoms with Crippen LogP contribution < -0.4 is 10.6 Å². The Morgan fingerprint density at radius 1 is 1.26 bits per heavy atom. The van der Waals surface area contributed by atoms with Gasteiger partial charge in [0, 0.05) is 14.2 Å². The molecular formula is C16H14ClIN2OS2. The second-order valence-electron chi connectivity index (χ2n) is 4.71. The molecule has 2 aromatic carbocycles. The number of carbonyl (C=O) groups excluding carboxylic acids is 1. The minimum Gasteiger partial charge on any atom is -0.332 e. The summed E-state index contributed by atoms with van der Waals surface area (Å²) in [5.41, 5.74) is 2.32. The minimum atomic E-state index is -0.327. The van der Waals surface area contributed by atoms with Crippen molar-refractivity contribution in [2.45, 2.75) is 11.8 Å². The van der Waals surface area contributed by atoms with E-state index >= 15 is 0 Å². The number of nitrogens with one attached hydrogen (secondary N) is 2. The van der Waals surface area contributed by atoms with E-state index in [1.807, 2.05) is 37.4 Å². The lowest BCUT2D eigenvalue weighted by atomic mass is 10.2. The van der Waals surface area contributed by atoms with Gasteiger partial charge in [0.1, 0.15) is 0 Å². The van der Waals surface area contributed by atoms with Gasteiger partial charge in [0.05, 0.1) is 10.6 Å². The van der Waals surface area contributed by atoms with Crippen molar-refractivity contribution in [3.63, 3.8) is 0 Å². The number of aryl methyl sites for hydroxylation is 1. The van der Waals surface area contributed by atoms with Crippen LogP contribution in [0.1, 0.15) is 15.9 Å². The summed E-state index contributed by atoms with van der Waals surface area (Å²) in [5.74, 6) is -0.327. The standard InChI is InChI=1S/C16H14ClIN2OS2/c1-9-7-10(18)3-6-14(9)19-16(22)20-15(21)12-8-11(23-2)4-5-13(12)17/h3-8H,1-2H3,(H2,19,20,21,22). The van der Waals surface area contributed by atoms with Crippen LogP contribution in [-0.4, -0.2) is 17.3 Å². The van der Waals surface area contributed by atoms with Gasteiger partial charge >= 0.3 is 0 Å². The number of benzene rings is 2. The lowest BCUT2D eigenvalue weighted by Crippen LogP contribution is -2.34. The van der Waals surface area contributed by atoms with E-state index in [-0.39, 0.29) is 11.0 Å². The molecule has 2 N–H and O–H groups in total. The summed E-state index contributed by atoms with van der Waals surface area (Å²) < 4.78 is 1.14. The molecule has 120 valence electrons. The number of hydrogen-bond donors (Lipinski definition) is 2. The second kappa shape index (κ2) is 8.32. The fraction of sp³-hybridized carbons (Fsp3) is 0.125. The molecule has 0 aliphatic carbocycles. The fourth-order valence-electron chi connectivity index (χ4n) is 1.90. The van der Waals surface area contributed by atoms with Crippen LogP contribution in [0.3, 0.4) is 0 Å². The van der Waals surface area contributed by atoms with Gasteiger partial charge < -0.3 is 5.32 Å². The number of carbonyl (C=O) groups is 1. The number of thioether (sulfide) groups is 1. The molecule has 0 bridgehead atoms. The van der Waals surface area contributed by atoms with E-state index in [0.717, 1.165) is 19.7 Å². The van der Waals surface area contributed by atoms with E-state index in [2.05, 4.69) is 33.2 Å². The molecule has 0 saturated carbocycles. The maximum atomic E-state index is 12.3. The zero-order valence-electron chi connectivity index (χ0n) is 12.4. The molecule has 0 radical (unpaired) electrons. The van der Waals surface area contributed by atoms with Gasteiger partial charge in [0.2, 0.25) is 0 Å². The minimum absolute atomic E-state index is 0.241. The van der Waals surface area contributed by atoms with Crippen LogP contribution in [0.25, 0.3) is 0 Å². The Balaban J connectivity index is 2.09. The Morgan fingerprint density at radius 2 is 2.00 bits per heavy atom. The van der Waals surface area contributed by atoms with Crippen molar-refractivity contribution < 1.29 is 4.79 Å². The second-order valence-corrected chi connectivity index (χ2v) is 7.65. The molecule has 0 spiro atoms. The van der Waals surface area contributed by atoms with Crippen LogP contribution in [0.2, 0.25) is 5.02 Å². The number of thiocarbonyl (C=S) groups is 1. The zero-order valence-corrected chi connectivity index (χ0v) is 17.0. The zero-order chi connectivity index (χ0) is 17.0. The monoisotopic (exact) mass is 476 g/mol. The number of amides is 1. The van der Waals surface area contributed by atoms with E-state index in [0.29, 0.717) is 10.6 Å². The Kier molecular flexibility index (Phi) is 6.70. The normalized spacial score (nSPS) is 10.3. The lowest BCUT2D eigenvalue weighted by Gasteiger charge is -2.13. The third-order valence-corrected chi connectivity index (χ3v) is 5.01. The Bertz CT molecular complexity index is 768. The molecule has 2 rings (SSSR count). The van der Waals surface area contributed by atoms with Gasteiger partial charge in [-0.1, -0.05) is 11.6 Å². The highest BCUT2D eigenvalue weighted by molar-refractivity contribution is 14.1. The first-order chi connectivity index (χ1) is 10.9. The fourth-order valence-corrected chi connectivity index (χ4v) is 3.39. The van der Waals surface area contributed by atoms with Gasteiger partial charge in [0.15, 0.2) is 5.11 Å². The molecule has 3 nitrogen and oxygen atoms in total. The molecule has 2 aromatic rings. The molecule has 1 amide bonds. The highest BCUT2D eigenvalue weighted by atomic mass is 127. The predicted octanol–water partition coefficient (Wildman–Crippen LogP) is 5.10. The van der Waals surface area contributed by atoms with Crippen LogP contribution in [0.4, 0.5) is 5.69 Å². The summed E-state index contributed by atoms with van der Waals surface area (Å²) in [6, 6.07) is 11.3. The van der Waals surface area contributed by atoms with E-state index in [1.54, 1.807) is 23.9 Å². The van der Waals surface area contributed by atoms with E-state index in [4.69, 9.17) is 23.8 Å². The average Bonchev–Trinajstić information content (AvgIpc) is 2.50. The van der Waals surface area contributed by atoms with Crippen molar-refractivity contribution in [2.75, 3.05) is 11.6 Å². The highest BCUT2D eigenvalue weighted by Crippen LogP contribution is 2.23. The van der Waals surface area contributed by atoms with Crippen molar-refractivity contribution in [1.82, 2.24) is 5.32 Å². The number of halogens is 2. The third kappa shape index (κ3) is 5.07. The first-order valence-electron chi connectivity index (χ1n) is 6.62. The molecule has 0 aliphatic rings. The number of hydrogen-bond acceptors (Lipinski definition) is 3. The smallest absolute Gasteiger partial charge is 0.258 e. The van der Waals surface area contributed by atoms with Gasteiger partial charge in [0.25, 0.3) is 5.91 Å². The maximum Gasteiger partial charge on any atom is 0.258 e. The Labute approximate surface area is 163 Å². The predicted molar refractivity (Wildman–Crippen MR) is 111 cm³/mol. The first kappa shape index (κ1) is 18.5. The summed E-state index contributed by atoms with van der Waals surface area (Å²) in [6.45, 7) is 1.98. The van der Waals surface area contributed by atoms with E-state index in [9.17, 15) is 4.79 Å². The van der Waals surface area contributed by atoms with Crippen LogP contribution >= 0.6 is 58.2 Å². The number of rotatable bonds is 3. The van der Waals surface area contributed by atoms with Crippen molar-refractivity contribution >= 4 is 74.9 Å². The largest absolute Gasteiger partial charge is 0.332 e. The topological polar surface area (TPSA) is 41.1 Å². The van der Waals surface area contributed by atoms with E-state index in [1.165, 1.54) is 0 Å². The summed E-state index contributed by atoms with van der Waals surface area (Å²) in [6.07, 6.45) is 1.94. The molecule has 0 unspecified atom stereocenters. The molecule has 7 heteroatoms. The van der Waals surface area contributed by atoms with Crippen LogP contribution in [-0.2, 0) is 0 Å². The van der Waals surface area contributed by atoms with Crippen molar-refractivity contribution in [1.29, 1.82) is 0 Å². The highest BCUT2D eigenvalue weighted by Gasteiger charge is 2.13. The molecular weight excluding hydrogens is 463 g/mol. The van der Waals surface area contributed by atoms with Crippen molar-refractivity contribution in [2.24, 2.45) is 0 Å². The summed E-state index contributed by atoms with van der Waals surface area (Å²) in [5, 5.41) is 6.34. The molecule has 0 saturated heterocycles. The molecule has 0 aromatic heterocycles. The molecule has 0 fully saturated rings. The third-order valence-electron chi connectivity index (χ3n) is 3.08. The van der Waals surface area contributed by atoms with Crippen LogP contribution in [0.15, 0.2) is 41.3 Å². The Morgan fingerprint density at radius 3 is 2.65 bits per heavy atom. The summed E-state index contributed by atoms with van der Waals surface area (Å²) in [7, 11) is 0. The van der Waals surface area contributed by atoms with Crippen LogP contribution in [0, 0.1) is 10.5 Å². The SMILES string of the molecule is CSc1ccc(Cl)c(C(=O)NC(=S)Nc2ccc(I)cc2C)c1. The lowest BCUT2D eigenvalue weighted by molar-refractivity contribution is 0.0977. The first-order valence-corrected chi connectivity index (χ1v) is 9.71. The van der Waals surface area contributed by atoms with Gasteiger partial charge in [-0.3, -0.25) is 10.1 Å².